The third-order valence-corrected chi connectivity index (χ3v) is 2.63. The van der Waals surface area contributed by atoms with Gasteiger partial charge >= 0.3 is 0 Å². The van der Waals surface area contributed by atoms with Crippen LogP contribution in [-0.2, 0) is 6.42 Å². The van der Waals surface area contributed by atoms with Gasteiger partial charge in [-0.25, -0.2) is 0 Å². The Bertz CT molecular complexity index is 266. The molecule has 0 radical (unpaired) electrons. The van der Waals surface area contributed by atoms with E-state index in [0.29, 0.717) is 10.0 Å². The molecule has 13 heavy (non-hydrogen) atoms. The van der Waals surface area contributed by atoms with Crippen LogP contribution in [0, 0.1) is 5.92 Å². The lowest BCUT2D eigenvalue weighted by Crippen LogP contribution is -2.05. The Morgan fingerprint density at radius 2 is 1.85 bits per heavy atom. The Hall–Kier alpha value is -0.240. The molecule has 1 atom stereocenters. The average molecular weight is 219 g/mol. The molecule has 0 bridgehead atoms. The molecule has 0 amide bonds. The van der Waals surface area contributed by atoms with Gasteiger partial charge in [-0.15, -0.1) is 0 Å². The van der Waals surface area contributed by atoms with E-state index in [4.69, 9.17) is 28.3 Å². The highest BCUT2D eigenvalue weighted by Gasteiger charge is 2.08. The molecule has 0 aliphatic carbocycles. The summed E-state index contributed by atoms with van der Waals surface area (Å²) in [5.41, 5.74) is 0.924. The molecule has 0 saturated carbocycles. The quantitative estimate of drug-likeness (QED) is 0.827. The minimum absolute atomic E-state index is 0.154. The lowest BCUT2D eigenvalue weighted by Gasteiger charge is -2.10. The van der Waals surface area contributed by atoms with Gasteiger partial charge in [0.25, 0.3) is 0 Å². The van der Waals surface area contributed by atoms with Gasteiger partial charge in [-0.3, -0.25) is 0 Å². The van der Waals surface area contributed by atoms with Crippen molar-refractivity contribution in [2.24, 2.45) is 5.92 Å². The van der Waals surface area contributed by atoms with Crippen molar-refractivity contribution in [3.05, 3.63) is 33.8 Å². The Morgan fingerprint density at radius 1 is 1.31 bits per heavy atom. The SMILES string of the molecule is C[C@H](CO)Cc1c(Cl)cccc1Cl. The molecule has 1 aromatic carbocycles. The van der Waals surface area contributed by atoms with Gasteiger partial charge in [0.05, 0.1) is 0 Å². The molecule has 0 spiro atoms. The van der Waals surface area contributed by atoms with Gasteiger partial charge in [0.2, 0.25) is 0 Å². The van der Waals surface area contributed by atoms with Crippen LogP contribution in [0.15, 0.2) is 18.2 Å². The Labute approximate surface area is 88.3 Å². The third-order valence-electron chi connectivity index (χ3n) is 1.93. The van der Waals surface area contributed by atoms with E-state index < -0.39 is 0 Å². The van der Waals surface area contributed by atoms with Crippen LogP contribution in [-0.4, -0.2) is 11.7 Å². The Balaban J connectivity index is 2.87. The lowest BCUT2D eigenvalue weighted by molar-refractivity contribution is 0.237. The molecule has 0 fully saturated rings. The molecule has 3 heteroatoms. The fourth-order valence-electron chi connectivity index (χ4n) is 1.14. The Kier molecular flexibility index (Phi) is 4.04. The number of aliphatic hydroxyl groups is 1. The molecule has 1 N–H and O–H groups in total. The van der Waals surface area contributed by atoms with Crippen molar-refractivity contribution < 1.29 is 5.11 Å². The number of hydrogen-bond donors (Lipinski definition) is 1. The van der Waals surface area contributed by atoms with Crippen LogP contribution in [0.4, 0.5) is 0 Å². The van der Waals surface area contributed by atoms with Crippen LogP contribution in [0.5, 0.6) is 0 Å². The summed E-state index contributed by atoms with van der Waals surface area (Å²) in [4.78, 5) is 0. The van der Waals surface area contributed by atoms with E-state index >= 15 is 0 Å². The van der Waals surface area contributed by atoms with Crippen molar-refractivity contribution in [1.29, 1.82) is 0 Å². The highest BCUT2D eigenvalue weighted by molar-refractivity contribution is 6.35. The van der Waals surface area contributed by atoms with Crippen molar-refractivity contribution in [3.8, 4) is 0 Å². The van der Waals surface area contributed by atoms with E-state index in [1.807, 2.05) is 25.1 Å². The topological polar surface area (TPSA) is 20.2 Å². The summed E-state index contributed by atoms with van der Waals surface area (Å²) in [5.74, 6) is 0.192. The fourth-order valence-corrected chi connectivity index (χ4v) is 1.69. The van der Waals surface area contributed by atoms with Gasteiger partial charge in [-0.1, -0.05) is 36.2 Å². The molecule has 1 rings (SSSR count). The van der Waals surface area contributed by atoms with Crippen molar-refractivity contribution in [1.82, 2.24) is 0 Å². The van der Waals surface area contributed by atoms with Gasteiger partial charge in [-0.2, -0.15) is 0 Å². The summed E-state index contributed by atoms with van der Waals surface area (Å²) in [6.07, 6.45) is 0.717. The summed E-state index contributed by atoms with van der Waals surface area (Å²) in [7, 11) is 0. The molecular weight excluding hydrogens is 207 g/mol. The highest BCUT2D eigenvalue weighted by atomic mass is 35.5. The predicted octanol–water partition coefficient (Wildman–Crippen LogP) is 3.16. The predicted molar refractivity (Wildman–Crippen MR) is 56.4 cm³/mol. The van der Waals surface area contributed by atoms with Crippen LogP contribution in [0.2, 0.25) is 10.0 Å². The first-order valence-corrected chi connectivity index (χ1v) is 4.94. The van der Waals surface area contributed by atoms with E-state index in [1.165, 1.54) is 0 Å². The maximum atomic E-state index is 8.89. The van der Waals surface area contributed by atoms with Crippen LogP contribution in [0.1, 0.15) is 12.5 Å². The first-order valence-electron chi connectivity index (χ1n) is 4.19. The Morgan fingerprint density at radius 3 is 2.31 bits per heavy atom. The lowest BCUT2D eigenvalue weighted by atomic mass is 10.0. The molecule has 0 aliphatic heterocycles. The standard InChI is InChI=1S/C10H12Cl2O/c1-7(6-13)5-8-9(11)3-2-4-10(8)12/h2-4,7,13H,5-6H2,1H3/t7-/m0/s1. The maximum absolute atomic E-state index is 8.89. The maximum Gasteiger partial charge on any atom is 0.0459 e. The zero-order valence-electron chi connectivity index (χ0n) is 7.43. The molecular formula is C10H12Cl2O. The zero-order valence-corrected chi connectivity index (χ0v) is 8.94. The van der Waals surface area contributed by atoms with Gasteiger partial charge < -0.3 is 5.11 Å². The smallest absolute Gasteiger partial charge is 0.0459 e. The van der Waals surface area contributed by atoms with Crippen molar-refractivity contribution in [2.75, 3.05) is 6.61 Å². The first-order chi connectivity index (χ1) is 6.15. The summed E-state index contributed by atoms with van der Waals surface area (Å²) in [6, 6.07) is 5.44. The minimum Gasteiger partial charge on any atom is -0.396 e. The summed E-state index contributed by atoms with van der Waals surface area (Å²) in [5, 5.41) is 10.2. The highest BCUT2D eigenvalue weighted by Crippen LogP contribution is 2.26. The first kappa shape index (κ1) is 10.8. The van der Waals surface area contributed by atoms with E-state index in [2.05, 4.69) is 0 Å². The largest absolute Gasteiger partial charge is 0.396 e. The normalized spacial score (nSPS) is 12.9. The summed E-state index contributed by atoms with van der Waals surface area (Å²) in [6.45, 7) is 2.11. The second-order valence-electron chi connectivity index (χ2n) is 3.19. The monoisotopic (exact) mass is 218 g/mol. The van der Waals surface area contributed by atoms with Crippen molar-refractivity contribution >= 4 is 23.2 Å². The fraction of sp³-hybridized carbons (Fsp3) is 0.400. The molecule has 0 unspecified atom stereocenters. The number of rotatable bonds is 3. The molecule has 1 nitrogen and oxygen atoms in total. The van der Waals surface area contributed by atoms with E-state index in [1.54, 1.807) is 0 Å². The molecule has 0 saturated heterocycles. The van der Waals surface area contributed by atoms with Crippen LogP contribution in [0.25, 0.3) is 0 Å². The third kappa shape index (κ3) is 2.87. The van der Waals surface area contributed by atoms with Crippen molar-refractivity contribution in [3.63, 3.8) is 0 Å². The minimum atomic E-state index is 0.154. The average Bonchev–Trinajstić information content (AvgIpc) is 2.11. The van der Waals surface area contributed by atoms with E-state index in [-0.39, 0.29) is 12.5 Å². The van der Waals surface area contributed by atoms with Gasteiger partial charge in [-0.05, 0) is 30.0 Å². The zero-order chi connectivity index (χ0) is 9.84. The van der Waals surface area contributed by atoms with Gasteiger partial charge in [0.1, 0.15) is 0 Å². The number of hydrogen-bond acceptors (Lipinski definition) is 1. The van der Waals surface area contributed by atoms with E-state index in [9.17, 15) is 0 Å². The molecule has 72 valence electrons. The van der Waals surface area contributed by atoms with Crippen molar-refractivity contribution in [2.45, 2.75) is 13.3 Å². The van der Waals surface area contributed by atoms with Gasteiger partial charge in [0, 0.05) is 16.7 Å². The molecule has 1 aromatic rings. The van der Waals surface area contributed by atoms with Crippen LogP contribution in [0.3, 0.4) is 0 Å². The number of aliphatic hydroxyl groups excluding tert-OH is 1. The second kappa shape index (κ2) is 4.85. The number of halogens is 2. The van der Waals surface area contributed by atoms with Gasteiger partial charge in [0.15, 0.2) is 0 Å². The molecule has 0 aromatic heterocycles. The molecule has 0 heterocycles. The van der Waals surface area contributed by atoms with E-state index in [0.717, 1.165) is 12.0 Å². The van der Waals surface area contributed by atoms with Crippen LogP contribution >= 0.6 is 23.2 Å². The second-order valence-corrected chi connectivity index (χ2v) is 4.01. The summed E-state index contributed by atoms with van der Waals surface area (Å²) >= 11 is 11.9. The summed E-state index contributed by atoms with van der Waals surface area (Å²) < 4.78 is 0. The van der Waals surface area contributed by atoms with Crippen LogP contribution < -0.4 is 0 Å². The number of benzene rings is 1. The molecule has 0 aliphatic rings.